The Morgan fingerprint density at radius 1 is 1.00 bits per heavy atom. The van der Waals surface area contributed by atoms with Crippen molar-refractivity contribution >= 4 is 22.6 Å². The average molecular weight is 564 g/mol. The maximum absolute atomic E-state index is 14.0. The Hall–Kier alpha value is -4.23. The Morgan fingerprint density at radius 2 is 1.70 bits per heavy atom. The first-order valence-electron chi connectivity index (χ1n) is 12.0. The normalized spacial score (nSPS) is 15.1. The van der Waals surface area contributed by atoms with Crippen molar-refractivity contribution < 1.29 is 35.9 Å². The highest BCUT2D eigenvalue weighted by atomic mass is 19.4. The van der Waals surface area contributed by atoms with Gasteiger partial charge in [-0.05, 0) is 56.2 Å². The third kappa shape index (κ3) is 4.60. The van der Waals surface area contributed by atoms with Crippen molar-refractivity contribution in [1.82, 2.24) is 25.0 Å². The van der Waals surface area contributed by atoms with Crippen molar-refractivity contribution in [2.24, 2.45) is 0 Å². The summed E-state index contributed by atoms with van der Waals surface area (Å²) < 4.78 is 85.8. The fraction of sp³-hybridized carbons (Fsp3) is 0.346. The van der Waals surface area contributed by atoms with Gasteiger partial charge in [-0.15, -0.1) is 10.2 Å². The molecule has 3 heterocycles. The van der Waals surface area contributed by atoms with Gasteiger partial charge in [-0.2, -0.15) is 36.7 Å². The van der Waals surface area contributed by atoms with Crippen LogP contribution in [0.1, 0.15) is 37.2 Å². The SMILES string of the molecule is COc1ccc(CN2C(=O)C(C)(C)c3nnc(-n4nc(CCC(F)(F)C(F)(F)F)c5cc(F)ccc54)nc32)cc1. The summed E-state index contributed by atoms with van der Waals surface area (Å²) in [6.45, 7) is 3.48. The molecule has 0 unspecified atom stereocenters. The number of carbonyl (C=O) groups excluding carboxylic acids is 1. The Labute approximate surface area is 223 Å². The number of alkyl halides is 5. The molecule has 0 saturated heterocycles. The Balaban J connectivity index is 1.56. The standard InChI is InChI=1S/C26H22F6N6O2/c1-24(2)20-21(37(22(24)39)13-14-4-7-16(40-3)8-5-14)33-23(35-34-20)38-19-9-6-15(27)12-17(19)18(36-38)10-11-25(28,29)26(30,31)32/h4-9,12H,10-11,13H2,1-3H3. The quantitative estimate of drug-likeness (QED) is 0.283. The number of benzene rings is 2. The zero-order chi connectivity index (χ0) is 29.0. The highest BCUT2D eigenvalue weighted by molar-refractivity contribution is 6.05. The van der Waals surface area contributed by atoms with Crippen molar-refractivity contribution in [2.45, 2.75) is 50.7 Å². The molecule has 4 aromatic rings. The van der Waals surface area contributed by atoms with Crippen LogP contribution in [-0.4, -0.2) is 50.1 Å². The monoisotopic (exact) mass is 564 g/mol. The molecule has 0 aliphatic carbocycles. The molecule has 1 aliphatic heterocycles. The predicted molar refractivity (Wildman–Crippen MR) is 131 cm³/mol. The lowest BCUT2D eigenvalue weighted by Gasteiger charge is -2.19. The summed E-state index contributed by atoms with van der Waals surface area (Å²) in [5, 5.41) is 12.5. The Kier molecular flexibility index (Phi) is 6.46. The van der Waals surface area contributed by atoms with Crippen LogP contribution in [0.4, 0.5) is 32.2 Å². The van der Waals surface area contributed by atoms with Crippen molar-refractivity contribution in [1.29, 1.82) is 0 Å². The Morgan fingerprint density at radius 3 is 2.35 bits per heavy atom. The first-order valence-corrected chi connectivity index (χ1v) is 12.0. The minimum absolute atomic E-state index is 0.0218. The summed E-state index contributed by atoms with van der Waals surface area (Å²) >= 11 is 0. The summed E-state index contributed by atoms with van der Waals surface area (Å²) in [5.41, 5.74) is -0.0368. The lowest BCUT2D eigenvalue weighted by Crippen LogP contribution is -2.36. The molecule has 0 atom stereocenters. The third-order valence-corrected chi connectivity index (χ3v) is 6.78. The van der Waals surface area contributed by atoms with E-state index >= 15 is 0 Å². The molecule has 8 nitrogen and oxygen atoms in total. The van der Waals surface area contributed by atoms with E-state index in [1.54, 1.807) is 38.1 Å². The molecule has 0 radical (unpaired) electrons. The Bertz CT molecular complexity index is 1600. The lowest BCUT2D eigenvalue weighted by molar-refractivity contribution is -0.284. The maximum atomic E-state index is 14.0. The summed E-state index contributed by atoms with van der Waals surface area (Å²) in [4.78, 5) is 19.3. The van der Waals surface area contributed by atoms with Gasteiger partial charge < -0.3 is 4.74 Å². The van der Waals surface area contributed by atoms with Gasteiger partial charge in [0.05, 0.1) is 30.3 Å². The molecule has 5 rings (SSSR count). The van der Waals surface area contributed by atoms with Crippen LogP contribution in [0.3, 0.4) is 0 Å². The van der Waals surface area contributed by atoms with Gasteiger partial charge in [-0.1, -0.05) is 12.1 Å². The second-order valence-corrected chi connectivity index (χ2v) is 9.87. The maximum Gasteiger partial charge on any atom is 0.453 e. The van der Waals surface area contributed by atoms with Gasteiger partial charge in [0.25, 0.3) is 5.95 Å². The molecule has 0 bridgehead atoms. The molecule has 0 N–H and O–H groups in total. The van der Waals surface area contributed by atoms with Crippen molar-refractivity contribution in [2.75, 3.05) is 12.0 Å². The van der Waals surface area contributed by atoms with Gasteiger partial charge in [0, 0.05) is 11.8 Å². The predicted octanol–water partition coefficient (Wildman–Crippen LogP) is 5.31. The number of rotatable bonds is 7. The number of methoxy groups -OCH3 is 1. The zero-order valence-electron chi connectivity index (χ0n) is 21.4. The van der Waals surface area contributed by atoms with Crippen molar-refractivity contribution in [3.8, 4) is 11.7 Å². The van der Waals surface area contributed by atoms with Gasteiger partial charge in [0.15, 0.2) is 5.82 Å². The largest absolute Gasteiger partial charge is 0.497 e. The van der Waals surface area contributed by atoms with Crippen molar-refractivity contribution in [3.05, 3.63) is 65.2 Å². The molecule has 40 heavy (non-hydrogen) atoms. The highest BCUT2D eigenvalue weighted by Gasteiger charge is 2.56. The van der Waals surface area contributed by atoms with E-state index in [2.05, 4.69) is 20.3 Å². The van der Waals surface area contributed by atoms with E-state index in [1.165, 1.54) is 18.1 Å². The van der Waals surface area contributed by atoms with E-state index in [9.17, 15) is 31.1 Å². The van der Waals surface area contributed by atoms with E-state index in [0.717, 1.165) is 22.4 Å². The fourth-order valence-electron chi connectivity index (χ4n) is 4.49. The topological polar surface area (TPSA) is 86.0 Å². The van der Waals surface area contributed by atoms with Crippen LogP contribution in [0, 0.1) is 5.82 Å². The van der Waals surface area contributed by atoms with E-state index in [1.807, 2.05) is 0 Å². The molecule has 0 saturated carbocycles. The van der Waals surface area contributed by atoms with E-state index < -0.39 is 36.2 Å². The number of hydrogen-bond acceptors (Lipinski definition) is 6. The number of aryl methyl sites for hydroxylation is 1. The average Bonchev–Trinajstić information content (AvgIpc) is 3.35. The molecule has 0 fully saturated rings. The number of nitrogens with zero attached hydrogens (tertiary/aromatic N) is 6. The van der Waals surface area contributed by atoms with Crippen LogP contribution >= 0.6 is 0 Å². The van der Waals surface area contributed by atoms with E-state index in [0.29, 0.717) is 11.4 Å². The fourth-order valence-corrected chi connectivity index (χ4v) is 4.49. The summed E-state index contributed by atoms with van der Waals surface area (Å²) in [6.07, 6.45) is -8.12. The van der Waals surface area contributed by atoms with Crippen molar-refractivity contribution in [3.63, 3.8) is 0 Å². The number of halogens is 6. The summed E-state index contributed by atoms with van der Waals surface area (Å²) in [5.74, 6) is -5.34. The number of aromatic nitrogens is 5. The van der Waals surface area contributed by atoms with Crippen LogP contribution < -0.4 is 9.64 Å². The third-order valence-electron chi connectivity index (χ3n) is 6.78. The first kappa shape index (κ1) is 27.3. The zero-order valence-corrected chi connectivity index (χ0v) is 21.4. The van der Waals surface area contributed by atoms with Crippen LogP contribution in [-0.2, 0) is 23.2 Å². The minimum atomic E-state index is -5.74. The number of fused-ring (bicyclic) bond motifs is 2. The van der Waals surface area contributed by atoms with Crippen LogP contribution in [0.15, 0.2) is 42.5 Å². The first-order chi connectivity index (χ1) is 18.7. The molecule has 14 heteroatoms. The molecular weight excluding hydrogens is 542 g/mol. The number of amides is 1. The van der Waals surface area contributed by atoms with Gasteiger partial charge >= 0.3 is 12.1 Å². The van der Waals surface area contributed by atoms with Gasteiger partial charge in [-0.25, -0.2) is 4.39 Å². The van der Waals surface area contributed by atoms with Crippen LogP contribution in [0.2, 0.25) is 0 Å². The van der Waals surface area contributed by atoms with Crippen LogP contribution in [0.25, 0.3) is 16.9 Å². The summed E-state index contributed by atoms with van der Waals surface area (Å²) in [7, 11) is 1.53. The second-order valence-electron chi connectivity index (χ2n) is 9.87. The molecule has 210 valence electrons. The molecule has 2 aromatic heterocycles. The number of carbonyl (C=O) groups is 1. The van der Waals surface area contributed by atoms with Gasteiger partial charge in [0.2, 0.25) is 5.91 Å². The van der Waals surface area contributed by atoms with Gasteiger partial charge in [0.1, 0.15) is 17.3 Å². The molecule has 0 spiro atoms. The lowest BCUT2D eigenvalue weighted by atomic mass is 9.91. The van der Waals surface area contributed by atoms with Gasteiger partial charge in [-0.3, -0.25) is 9.69 Å². The smallest absolute Gasteiger partial charge is 0.453 e. The van der Waals surface area contributed by atoms with E-state index in [-0.39, 0.29) is 40.8 Å². The molecule has 1 aliphatic rings. The molecular formula is C26H22F6N6O2. The summed E-state index contributed by atoms with van der Waals surface area (Å²) in [6, 6.07) is 10.4. The number of ether oxygens (including phenoxy) is 1. The van der Waals surface area contributed by atoms with Crippen LogP contribution in [0.5, 0.6) is 5.75 Å². The minimum Gasteiger partial charge on any atom is -0.497 e. The number of anilines is 1. The number of hydrogen-bond donors (Lipinski definition) is 0. The van der Waals surface area contributed by atoms with E-state index in [4.69, 9.17) is 4.74 Å². The highest BCUT2D eigenvalue weighted by Crippen LogP contribution is 2.41. The molecule has 2 aromatic carbocycles. The second kappa shape index (κ2) is 9.45. The molecule has 1 amide bonds.